The topological polar surface area (TPSA) is 32.3 Å². The average Bonchev–Trinajstić information content (AvgIpc) is 2.63. The number of nitrogens with one attached hydrogen (secondary N) is 1. The van der Waals surface area contributed by atoms with E-state index in [-0.39, 0.29) is 11.9 Å². The molecule has 1 aliphatic heterocycles. The first-order valence-corrected chi connectivity index (χ1v) is 5.79. The summed E-state index contributed by atoms with van der Waals surface area (Å²) in [6.07, 6.45) is 0.892. The third-order valence-electron chi connectivity index (χ3n) is 2.93. The Morgan fingerprint density at radius 1 is 1.44 bits per heavy atom. The molecule has 86 valence electrons. The van der Waals surface area contributed by atoms with Crippen LogP contribution in [0.4, 0.5) is 0 Å². The molecule has 0 radical (unpaired) electrons. The Morgan fingerprint density at radius 2 is 2.12 bits per heavy atom. The van der Waals surface area contributed by atoms with Crippen molar-refractivity contribution in [2.24, 2.45) is 0 Å². The lowest BCUT2D eigenvalue weighted by Gasteiger charge is -2.16. The van der Waals surface area contributed by atoms with Gasteiger partial charge in [0.25, 0.3) is 0 Å². The number of hydrogen-bond donors (Lipinski definition) is 1. The quantitative estimate of drug-likeness (QED) is 0.869. The highest BCUT2D eigenvalue weighted by molar-refractivity contribution is 6.30. The van der Waals surface area contributed by atoms with Crippen LogP contribution in [0.25, 0.3) is 0 Å². The van der Waals surface area contributed by atoms with E-state index < -0.39 is 0 Å². The van der Waals surface area contributed by atoms with E-state index in [0.717, 1.165) is 23.6 Å². The zero-order valence-corrected chi connectivity index (χ0v) is 10.00. The van der Waals surface area contributed by atoms with Crippen LogP contribution in [0.1, 0.15) is 12.0 Å². The number of rotatable bonds is 3. The molecule has 0 spiro atoms. The van der Waals surface area contributed by atoms with Crippen LogP contribution < -0.4 is 5.32 Å². The summed E-state index contributed by atoms with van der Waals surface area (Å²) in [5, 5.41) is 3.75. The number of nitrogens with zero attached hydrogens (tertiary/aromatic N) is 1. The van der Waals surface area contributed by atoms with E-state index in [1.165, 1.54) is 0 Å². The Morgan fingerprint density at radius 3 is 2.69 bits per heavy atom. The first-order valence-electron chi connectivity index (χ1n) is 5.41. The zero-order chi connectivity index (χ0) is 11.5. The second kappa shape index (κ2) is 4.85. The minimum absolute atomic E-state index is 0.00713. The number of halogens is 1. The third-order valence-corrected chi connectivity index (χ3v) is 3.18. The monoisotopic (exact) mass is 238 g/mol. The van der Waals surface area contributed by atoms with Crippen LogP contribution in [0.15, 0.2) is 24.3 Å². The van der Waals surface area contributed by atoms with Crippen LogP contribution in [0, 0.1) is 0 Å². The fourth-order valence-corrected chi connectivity index (χ4v) is 2.10. The summed E-state index contributed by atoms with van der Waals surface area (Å²) >= 11 is 5.81. The number of carbonyl (C=O) groups excluding carboxylic acids is 1. The molecular formula is C12H15ClN2O. The molecule has 1 fully saturated rings. The second-order valence-corrected chi connectivity index (χ2v) is 4.45. The lowest BCUT2D eigenvalue weighted by atomic mass is 10.2. The fraction of sp³-hybridized carbons (Fsp3) is 0.417. The van der Waals surface area contributed by atoms with Gasteiger partial charge in [-0.1, -0.05) is 23.7 Å². The average molecular weight is 239 g/mol. The van der Waals surface area contributed by atoms with Crippen molar-refractivity contribution in [1.82, 2.24) is 10.2 Å². The summed E-state index contributed by atoms with van der Waals surface area (Å²) in [5.74, 6) is 0.192. The zero-order valence-electron chi connectivity index (χ0n) is 9.24. The molecule has 1 saturated heterocycles. The number of amides is 1. The number of likely N-dealkylation sites (N-methyl/N-ethyl adjacent to an activating group) is 1. The summed E-state index contributed by atoms with van der Waals surface area (Å²) in [4.78, 5) is 13.7. The predicted molar refractivity (Wildman–Crippen MR) is 64.3 cm³/mol. The van der Waals surface area contributed by atoms with Gasteiger partial charge in [-0.2, -0.15) is 0 Å². The van der Waals surface area contributed by atoms with Gasteiger partial charge in [-0.25, -0.2) is 0 Å². The van der Waals surface area contributed by atoms with Gasteiger partial charge in [0.1, 0.15) is 0 Å². The number of carbonyl (C=O) groups is 1. The molecule has 0 aliphatic carbocycles. The van der Waals surface area contributed by atoms with Crippen molar-refractivity contribution in [3.8, 4) is 0 Å². The lowest BCUT2D eigenvalue weighted by Crippen LogP contribution is -2.35. The maximum Gasteiger partial charge on any atom is 0.240 e. The molecule has 1 aliphatic rings. The highest BCUT2D eigenvalue weighted by Crippen LogP contribution is 2.16. The van der Waals surface area contributed by atoms with Crippen LogP contribution in [0.5, 0.6) is 0 Å². The van der Waals surface area contributed by atoms with Crippen LogP contribution in [0.3, 0.4) is 0 Å². The Labute approximate surface area is 100 Å². The first kappa shape index (κ1) is 11.4. The van der Waals surface area contributed by atoms with Gasteiger partial charge in [-0.3, -0.25) is 4.79 Å². The van der Waals surface area contributed by atoms with E-state index in [1.54, 1.807) is 0 Å². The molecule has 1 aromatic carbocycles. The highest BCUT2D eigenvalue weighted by atomic mass is 35.5. The van der Waals surface area contributed by atoms with E-state index in [2.05, 4.69) is 5.32 Å². The van der Waals surface area contributed by atoms with Crippen molar-refractivity contribution in [2.45, 2.75) is 19.0 Å². The molecule has 4 heteroatoms. The van der Waals surface area contributed by atoms with Crippen LogP contribution in [0.2, 0.25) is 5.02 Å². The van der Waals surface area contributed by atoms with Crippen molar-refractivity contribution in [1.29, 1.82) is 0 Å². The second-order valence-electron chi connectivity index (χ2n) is 4.02. The summed E-state index contributed by atoms with van der Waals surface area (Å²) in [7, 11) is 1.83. The van der Waals surface area contributed by atoms with Gasteiger partial charge in [0, 0.05) is 18.1 Å². The Kier molecular flexibility index (Phi) is 3.46. The Hall–Kier alpha value is -1.06. The van der Waals surface area contributed by atoms with Gasteiger partial charge in [0.15, 0.2) is 0 Å². The van der Waals surface area contributed by atoms with Gasteiger partial charge in [0.2, 0.25) is 5.91 Å². The van der Waals surface area contributed by atoms with Crippen molar-refractivity contribution in [3.05, 3.63) is 34.9 Å². The van der Waals surface area contributed by atoms with E-state index in [1.807, 2.05) is 36.2 Å². The first-order chi connectivity index (χ1) is 7.70. The maximum atomic E-state index is 11.8. The van der Waals surface area contributed by atoms with Gasteiger partial charge >= 0.3 is 0 Å². The smallest absolute Gasteiger partial charge is 0.240 e. The van der Waals surface area contributed by atoms with Crippen molar-refractivity contribution >= 4 is 17.5 Å². The molecule has 3 nitrogen and oxygen atoms in total. The molecular weight excluding hydrogens is 224 g/mol. The molecule has 0 aromatic heterocycles. The maximum absolute atomic E-state index is 11.8. The summed E-state index contributed by atoms with van der Waals surface area (Å²) in [6, 6.07) is 7.62. The fourth-order valence-electron chi connectivity index (χ4n) is 1.97. The van der Waals surface area contributed by atoms with Crippen LogP contribution >= 0.6 is 11.6 Å². The Balaban J connectivity index is 2.01. The lowest BCUT2D eigenvalue weighted by molar-refractivity contribution is -0.129. The van der Waals surface area contributed by atoms with Crippen molar-refractivity contribution < 1.29 is 4.79 Å². The molecule has 1 N–H and O–H groups in total. The molecule has 0 bridgehead atoms. The van der Waals surface area contributed by atoms with Crippen LogP contribution in [-0.4, -0.2) is 30.4 Å². The third kappa shape index (κ3) is 2.36. The van der Waals surface area contributed by atoms with E-state index in [9.17, 15) is 4.79 Å². The molecule has 16 heavy (non-hydrogen) atoms. The molecule has 1 atom stereocenters. The van der Waals surface area contributed by atoms with Gasteiger partial charge in [0.05, 0.1) is 6.04 Å². The molecule has 1 aromatic rings. The van der Waals surface area contributed by atoms with Gasteiger partial charge in [-0.05, 0) is 31.2 Å². The summed E-state index contributed by atoms with van der Waals surface area (Å²) in [5.41, 5.74) is 1.12. The van der Waals surface area contributed by atoms with E-state index >= 15 is 0 Å². The number of benzene rings is 1. The highest BCUT2D eigenvalue weighted by Gasteiger charge is 2.29. The number of likely N-dealkylation sites (tertiary alicyclic amines) is 1. The SMILES string of the molecule is CNC1CCN(Cc2ccc(Cl)cc2)C1=O. The molecule has 1 heterocycles. The van der Waals surface area contributed by atoms with Crippen molar-refractivity contribution in [3.63, 3.8) is 0 Å². The standard InChI is InChI=1S/C12H15ClN2O/c1-14-11-6-7-15(12(11)16)8-9-2-4-10(13)5-3-9/h2-5,11,14H,6-8H2,1H3. The summed E-state index contributed by atoms with van der Waals surface area (Å²) in [6.45, 7) is 1.50. The Bertz CT molecular complexity index is 377. The molecule has 1 unspecified atom stereocenters. The number of hydrogen-bond acceptors (Lipinski definition) is 2. The van der Waals surface area contributed by atoms with Gasteiger partial charge in [-0.15, -0.1) is 0 Å². The summed E-state index contributed by atoms with van der Waals surface area (Å²) < 4.78 is 0. The van der Waals surface area contributed by atoms with Gasteiger partial charge < -0.3 is 10.2 Å². The van der Waals surface area contributed by atoms with E-state index in [0.29, 0.717) is 6.54 Å². The largest absolute Gasteiger partial charge is 0.337 e. The minimum Gasteiger partial charge on any atom is -0.337 e. The molecule has 2 rings (SSSR count). The predicted octanol–water partition coefficient (Wildman–Crippen LogP) is 1.66. The normalized spacial score (nSPS) is 20.5. The van der Waals surface area contributed by atoms with E-state index in [4.69, 9.17) is 11.6 Å². The molecule has 0 saturated carbocycles. The van der Waals surface area contributed by atoms with Crippen molar-refractivity contribution in [2.75, 3.05) is 13.6 Å². The van der Waals surface area contributed by atoms with Crippen LogP contribution in [-0.2, 0) is 11.3 Å². The minimum atomic E-state index is -0.00713. The molecule has 1 amide bonds.